The maximum absolute atomic E-state index is 6.25. The minimum Gasteiger partial charge on any atom is -0.456 e. The maximum atomic E-state index is 6.25. The molecule has 6 aromatic carbocycles. The zero-order valence-electron chi connectivity index (χ0n) is 23.7. The molecule has 4 nitrogen and oxygen atoms in total. The van der Waals surface area contributed by atoms with E-state index in [1.54, 1.807) is 0 Å². The number of hydrogen-bond donors (Lipinski definition) is 0. The lowest BCUT2D eigenvalue weighted by atomic mass is 10.0. The fourth-order valence-corrected chi connectivity index (χ4v) is 6.42. The molecule has 9 rings (SSSR count). The Balaban J connectivity index is 1.35. The third kappa shape index (κ3) is 3.85. The van der Waals surface area contributed by atoms with E-state index in [9.17, 15) is 0 Å². The lowest BCUT2D eigenvalue weighted by Crippen LogP contribution is -2.04. The minimum absolute atomic E-state index is 0.629. The summed E-state index contributed by atoms with van der Waals surface area (Å²) >= 11 is 0. The molecule has 0 N–H and O–H groups in total. The van der Waals surface area contributed by atoms with Gasteiger partial charge in [-0.1, -0.05) is 115 Å². The third-order valence-corrected chi connectivity index (χ3v) is 8.44. The van der Waals surface area contributed by atoms with Crippen molar-refractivity contribution < 1.29 is 4.42 Å². The fourth-order valence-electron chi connectivity index (χ4n) is 6.42. The third-order valence-electron chi connectivity index (χ3n) is 8.44. The van der Waals surface area contributed by atoms with E-state index in [0.29, 0.717) is 5.95 Å². The second-order valence-corrected chi connectivity index (χ2v) is 11.0. The van der Waals surface area contributed by atoms with Crippen LogP contribution in [0.25, 0.3) is 83.3 Å². The van der Waals surface area contributed by atoms with Crippen molar-refractivity contribution in [3.05, 3.63) is 152 Å². The second-order valence-electron chi connectivity index (χ2n) is 11.0. The molecule has 0 saturated carbocycles. The Labute approximate surface area is 253 Å². The number of para-hydroxylation sites is 2. The van der Waals surface area contributed by atoms with Crippen LogP contribution in [-0.4, -0.2) is 14.5 Å². The maximum Gasteiger partial charge on any atom is 0.235 e. The topological polar surface area (TPSA) is 43.9 Å². The molecule has 0 aliphatic rings. The molecule has 0 fully saturated rings. The van der Waals surface area contributed by atoms with Gasteiger partial charge in [-0.15, -0.1) is 0 Å². The summed E-state index contributed by atoms with van der Waals surface area (Å²) in [6, 6.07) is 52.5. The molecule has 44 heavy (non-hydrogen) atoms. The SMILES string of the molecule is c1ccc(-c2ccc3c(c2)c2ccccc2n3-c2nc(-c3ccccc3)cc(-c3cccc4oc5ccccc5c34)n2)cc1. The molecule has 9 aromatic rings. The molecule has 0 aliphatic carbocycles. The highest BCUT2D eigenvalue weighted by atomic mass is 16.3. The number of hydrogen-bond acceptors (Lipinski definition) is 3. The largest absolute Gasteiger partial charge is 0.456 e. The van der Waals surface area contributed by atoms with Gasteiger partial charge in [0.05, 0.1) is 22.4 Å². The highest BCUT2D eigenvalue weighted by molar-refractivity contribution is 6.12. The first-order chi connectivity index (χ1) is 21.8. The molecular formula is C40H25N3O. The molecule has 0 amide bonds. The number of nitrogens with zero attached hydrogens (tertiary/aromatic N) is 3. The monoisotopic (exact) mass is 563 g/mol. The van der Waals surface area contributed by atoms with Crippen LogP contribution >= 0.6 is 0 Å². The van der Waals surface area contributed by atoms with Crippen LogP contribution in [0.5, 0.6) is 0 Å². The number of furan rings is 1. The molecule has 0 bridgehead atoms. The predicted octanol–water partition coefficient (Wildman–Crippen LogP) is 10.5. The van der Waals surface area contributed by atoms with Crippen LogP contribution in [0.15, 0.2) is 156 Å². The Morgan fingerprint density at radius 1 is 0.432 bits per heavy atom. The van der Waals surface area contributed by atoms with Crippen molar-refractivity contribution in [2.24, 2.45) is 0 Å². The van der Waals surface area contributed by atoms with Gasteiger partial charge in [-0.25, -0.2) is 9.97 Å². The fraction of sp³-hybridized carbons (Fsp3) is 0. The smallest absolute Gasteiger partial charge is 0.235 e. The number of fused-ring (bicyclic) bond motifs is 6. The van der Waals surface area contributed by atoms with E-state index in [1.165, 1.54) is 21.9 Å². The molecule has 0 spiro atoms. The molecule has 3 heterocycles. The van der Waals surface area contributed by atoms with Gasteiger partial charge in [0.1, 0.15) is 11.2 Å². The van der Waals surface area contributed by atoms with Gasteiger partial charge >= 0.3 is 0 Å². The van der Waals surface area contributed by atoms with Crippen molar-refractivity contribution in [3.63, 3.8) is 0 Å². The van der Waals surface area contributed by atoms with Gasteiger partial charge in [-0.3, -0.25) is 4.57 Å². The van der Waals surface area contributed by atoms with Crippen molar-refractivity contribution >= 4 is 43.7 Å². The first-order valence-corrected chi connectivity index (χ1v) is 14.8. The van der Waals surface area contributed by atoms with E-state index in [4.69, 9.17) is 14.4 Å². The normalized spacial score (nSPS) is 11.6. The van der Waals surface area contributed by atoms with Gasteiger partial charge in [0.25, 0.3) is 0 Å². The Morgan fingerprint density at radius 3 is 1.93 bits per heavy atom. The zero-order chi connectivity index (χ0) is 29.0. The van der Waals surface area contributed by atoms with Crippen LogP contribution in [0, 0.1) is 0 Å². The predicted molar refractivity (Wildman–Crippen MR) is 180 cm³/mol. The molecule has 0 aliphatic heterocycles. The Kier molecular flexibility index (Phi) is 5.47. The Bertz CT molecular complexity index is 2490. The van der Waals surface area contributed by atoms with Crippen LogP contribution in [-0.2, 0) is 0 Å². The number of rotatable bonds is 4. The summed E-state index contributed by atoms with van der Waals surface area (Å²) in [4.78, 5) is 10.5. The average molecular weight is 564 g/mol. The van der Waals surface area contributed by atoms with E-state index in [0.717, 1.165) is 55.5 Å². The van der Waals surface area contributed by atoms with Crippen LogP contribution in [0.4, 0.5) is 0 Å². The van der Waals surface area contributed by atoms with Crippen molar-refractivity contribution in [3.8, 4) is 39.6 Å². The highest BCUT2D eigenvalue weighted by Crippen LogP contribution is 2.39. The van der Waals surface area contributed by atoms with Gasteiger partial charge in [0.2, 0.25) is 5.95 Å². The van der Waals surface area contributed by atoms with Crippen molar-refractivity contribution in [2.75, 3.05) is 0 Å². The van der Waals surface area contributed by atoms with E-state index in [2.05, 4.69) is 114 Å². The van der Waals surface area contributed by atoms with Crippen LogP contribution in [0.2, 0.25) is 0 Å². The van der Waals surface area contributed by atoms with Gasteiger partial charge in [-0.05, 0) is 47.5 Å². The van der Waals surface area contributed by atoms with E-state index < -0.39 is 0 Å². The highest BCUT2D eigenvalue weighted by Gasteiger charge is 2.19. The molecule has 0 radical (unpaired) electrons. The van der Waals surface area contributed by atoms with Gasteiger partial charge < -0.3 is 4.42 Å². The molecular weight excluding hydrogens is 538 g/mol. The van der Waals surface area contributed by atoms with Gasteiger partial charge in [0, 0.05) is 32.7 Å². The Hall–Kier alpha value is -6.00. The van der Waals surface area contributed by atoms with Crippen LogP contribution in [0.3, 0.4) is 0 Å². The lowest BCUT2D eigenvalue weighted by Gasteiger charge is -2.12. The first kappa shape index (κ1) is 24.6. The lowest BCUT2D eigenvalue weighted by molar-refractivity contribution is 0.669. The van der Waals surface area contributed by atoms with Crippen molar-refractivity contribution in [1.29, 1.82) is 0 Å². The summed E-state index contributed by atoms with van der Waals surface area (Å²) in [5.41, 5.74) is 9.97. The zero-order valence-corrected chi connectivity index (χ0v) is 23.7. The summed E-state index contributed by atoms with van der Waals surface area (Å²) in [6.45, 7) is 0. The van der Waals surface area contributed by atoms with E-state index in [1.807, 2.05) is 42.5 Å². The summed E-state index contributed by atoms with van der Waals surface area (Å²) in [5.74, 6) is 0.629. The second kappa shape index (κ2) is 9.79. The average Bonchev–Trinajstić information content (AvgIpc) is 3.64. The minimum atomic E-state index is 0.629. The molecule has 0 atom stereocenters. The van der Waals surface area contributed by atoms with Gasteiger partial charge in [-0.2, -0.15) is 0 Å². The quantitative estimate of drug-likeness (QED) is 0.214. The Morgan fingerprint density at radius 2 is 1.09 bits per heavy atom. The summed E-state index contributed by atoms with van der Waals surface area (Å²) in [5, 5.41) is 4.46. The number of benzene rings is 6. The van der Waals surface area contributed by atoms with E-state index >= 15 is 0 Å². The molecule has 3 aromatic heterocycles. The number of aromatic nitrogens is 3. The van der Waals surface area contributed by atoms with Crippen LogP contribution in [0.1, 0.15) is 0 Å². The molecule has 0 saturated heterocycles. The molecule has 4 heteroatoms. The molecule has 0 unspecified atom stereocenters. The van der Waals surface area contributed by atoms with Crippen LogP contribution < -0.4 is 0 Å². The summed E-state index contributed by atoms with van der Waals surface area (Å²) in [6.07, 6.45) is 0. The van der Waals surface area contributed by atoms with E-state index in [-0.39, 0.29) is 0 Å². The molecule has 206 valence electrons. The van der Waals surface area contributed by atoms with Crippen molar-refractivity contribution in [1.82, 2.24) is 14.5 Å². The van der Waals surface area contributed by atoms with Gasteiger partial charge in [0.15, 0.2) is 0 Å². The first-order valence-electron chi connectivity index (χ1n) is 14.8. The standard InChI is InChI=1S/C40H25N3O/c1-3-12-26(13-4-1)28-22-23-36-32(24-28)29-16-7-9-19-35(29)43(36)40-41-33(27-14-5-2-6-15-27)25-34(42-40)30-18-11-21-38-39(30)31-17-8-10-20-37(31)44-38/h1-25H. The van der Waals surface area contributed by atoms with Crippen molar-refractivity contribution in [2.45, 2.75) is 0 Å². The summed E-state index contributed by atoms with van der Waals surface area (Å²) in [7, 11) is 0. The summed E-state index contributed by atoms with van der Waals surface area (Å²) < 4.78 is 8.44.